The van der Waals surface area contributed by atoms with Crippen LogP contribution in [0.15, 0.2) is 18.5 Å². The van der Waals surface area contributed by atoms with Gasteiger partial charge >= 0.3 is 0 Å². The summed E-state index contributed by atoms with van der Waals surface area (Å²) in [6.45, 7) is 8.84. The predicted octanol–water partition coefficient (Wildman–Crippen LogP) is 0.213. The molecule has 0 spiro atoms. The Hall–Kier alpha value is -1.70. The number of rotatable bonds is 5. The molecule has 7 nitrogen and oxygen atoms in total. The molecule has 7 heteroatoms. The molecule has 0 bridgehead atoms. The third-order valence-corrected chi connectivity index (χ3v) is 4.64. The number of carbonyl (C=O) groups excluding carboxylic acids is 1. The largest absolute Gasteiger partial charge is 0.382 e. The molecule has 0 saturated carbocycles. The lowest BCUT2D eigenvalue weighted by Crippen LogP contribution is -2.47. The quantitative estimate of drug-likeness (QED) is 0.831. The maximum absolute atomic E-state index is 12.6. The number of nitrogens with one attached hydrogen (secondary N) is 1. The minimum Gasteiger partial charge on any atom is -0.382 e. The highest BCUT2D eigenvalue weighted by Gasteiger charge is 2.20. The Labute approximate surface area is 143 Å². The number of hydrogen-bond acceptors (Lipinski definition) is 6. The molecule has 2 aliphatic rings. The zero-order valence-electron chi connectivity index (χ0n) is 14.4. The smallest absolute Gasteiger partial charge is 0.255 e. The van der Waals surface area contributed by atoms with Crippen LogP contribution < -0.4 is 5.32 Å². The fourth-order valence-corrected chi connectivity index (χ4v) is 3.03. The van der Waals surface area contributed by atoms with Crippen molar-refractivity contribution in [2.75, 3.05) is 77.9 Å². The molecule has 0 aromatic carbocycles. The minimum absolute atomic E-state index is 0.0763. The molecule has 1 amide bonds. The summed E-state index contributed by atoms with van der Waals surface area (Å²) in [7, 11) is 2.09. The van der Waals surface area contributed by atoms with Gasteiger partial charge in [-0.05, 0) is 13.1 Å². The Balaban J connectivity index is 1.50. The molecule has 0 radical (unpaired) electrons. The fourth-order valence-electron chi connectivity index (χ4n) is 3.03. The zero-order chi connectivity index (χ0) is 16.8. The minimum atomic E-state index is 0.0763. The highest BCUT2D eigenvalue weighted by atomic mass is 16.5. The van der Waals surface area contributed by atoms with Crippen LogP contribution in [-0.2, 0) is 4.74 Å². The Morgan fingerprint density at radius 1 is 1.17 bits per heavy atom. The number of ether oxygens (including phenoxy) is 1. The number of amides is 1. The molecular weight excluding hydrogens is 306 g/mol. The SMILES string of the molecule is CN1CCN(C(=O)c2cncc(NCCN3CCOCC3)c2)CC1. The van der Waals surface area contributed by atoms with Gasteiger partial charge in [-0.3, -0.25) is 14.7 Å². The topological polar surface area (TPSA) is 60.9 Å². The van der Waals surface area contributed by atoms with Gasteiger partial charge in [-0.1, -0.05) is 0 Å². The highest BCUT2D eigenvalue weighted by Crippen LogP contribution is 2.12. The average molecular weight is 333 g/mol. The summed E-state index contributed by atoms with van der Waals surface area (Å²) < 4.78 is 5.35. The van der Waals surface area contributed by atoms with E-state index in [9.17, 15) is 4.79 Å². The molecule has 24 heavy (non-hydrogen) atoms. The van der Waals surface area contributed by atoms with Crippen molar-refractivity contribution in [3.8, 4) is 0 Å². The number of anilines is 1. The van der Waals surface area contributed by atoms with Crippen molar-refractivity contribution < 1.29 is 9.53 Å². The first-order valence-corrected chi connectivity index (χ1v) is 8.69. The van der Waals surface area contributed by atoms with Crippen LogP contribution in [0.1, 0.15) is 10.4 Å². The van der Waals surface area contributed by atoms with E-state index in [1.807, 2.05) is 11.0 Å². The van der Waals surface area contributed by atoms with Gasteiger partial charge in [-0.25, -0.2) is 0 Å². The normalized spacial score (nSPS) is 20.1. The van der Waals surface area contributed by atoms with E-state index in [4.69, 9.17) is 4.74 Å². The first kappa shape index (κ1) is 17.1. The van der Waals surface area contributed by atoms with Gasteiger partial charge < -0.3 is 19.9 Å². The van der Waals surface area contributed by atoms with Crippen LogP contribution in [0.25, 0.3) is 0 Å². The summed E-state index contributed by atoms with van der Waals surface area (Å²) >= 11 is 0. The standard InChI is InChI=1S/C17H27N5O2/c1-20-4-6-22(7-5-20)17(23)15-12-16(14-18-13-15)19-2-3-21-8-10-24-11-9-21/h12-14,19H,2-11H2,1H3. The summed E-state index contributed by atoms with van der Waals surface area (Å²) in [4.78, 5) is 23.4. The van der Waals surface area contributed by atoms with E-state index >= 15 is 0 Å². The molecule has 3 rings (SSSR count). The number of hydrogen-bond donors (Lipinski definition) is 1. The van der Waals surface area contributed by atoms with Gasteiger partial charge in [-0.15, -0.1) is 0 Å². The second-order valence-electron chi connectivity index (χ2n) is 6.44. The van der Waals surface area contributed by atoms with E-state index in [-0.39, 0.29) is 5.91 Å². The second-order valence-corrected chi connectivity index (χ2v) is 6.44. The van der Waals surface area contributed by atoms with E-state index < -0.39 is 0 Å². The number of morpholine rings is 1. The van der Waals surface area contributed by atoms with E-state index in [0.717, 1.165) is 71.3 Å². The molecule has 132 valence electrons. The highest BCUT2D eigenvalue weighted by molar-refractivity contribution is 5.94. The van der Waals surface area contributed by atoms with Gasteiger partial charge in [0.2, 0.25) is 0 Å². The van der Waals surface area contributed by atoms with Gasteiger partial charge in [-0.2, -0.15) is 0 Å². The molecule has 2 aliphatic heterocycles. The Morgan fingerprint density at radius 3 is 2.67 bits per heavy atom. The monoisotopic (exact) mass is 333 g/mol. The van der Waals surface area contributed by atoms with Crippen LogP contribution in [-0.4, -0.2) is 98.2 Å². The van der Waals surface area contributed by atoms with Crippen LogP contribution in [0.4, 0.5) is 5.69 Å². The third kappa shape index (κ3) is 4.66. The molecule has 0 atom stereocenters. The maximum atomic E-state index is 12.6. The molecule has 0 aliphatic carbocycles. The van der Waals surface area contributed by atoms with Crippen molar-refractivity contribution in [1.82, 2.24) is 19.7 Å². The van der Waals surface area contributed by atoms with E-state index in [1.54, 1.807) is 12.4 Å². The molecule has 3 heterocycles. The summed E-state index contributed by atoms with van der Waals surface area (Å²) in [6, 6.07) is 1.91. The van der Waals surface area contributed by atoms with Crippen LogP contribution in [0.3, 0.4) is 0 Å². The first-order chi connectivity index (χ1) is 11.7. The summed E-state index contributed by atoms with van der Waals surface area (Å²) in [5.74, 6) is 0.0763. The third-order valence-electron chi connectivity index (χ3n) is 4.64. The number of likely N-dealkylation sites (N-methyl/N-ethyl adjacent to an activating group) is 1. The van der Waals surface area contributed by atoms with Gasteiger partial charge in [0.25, 0.3) is 5.91 Å². The van der Waals surface area contributed by atoms with Crippen LogP contribution in [0, 0.1) is 0 Å². The molecule has 2 fully saturated rings. The van der Waals surface area contributed by atoms with E-state index in [1.165, 1.54) is 0 Å². The molecule has 2 saturated heterocycles. The predicted molar refractivity (Wildman–Crippen MR) is 93.4 cm³/mol. The van der Waals surface area contributed by atoms with Gasteiger partial charge in [0, 0.05) is 64.8 Å². The zero-order valence-corrected chi connectivity index (χ0v) is 14.4. The average Bonchev–Trinajstić information content (AvgIpc) is 2.63. The van der Waals surface area contributed by atoms with Crippen molar-refractivity contribution in [3.05, 3.63) is 24.0 Å². The van der Waals surface area contributed by atoms with Gasteiger partial charge in [0.05, 0.1) is 24.5 Å². The lowest BCUT2D eigenvalue weighted by Gasteiger charge is -2.32. The summed E-state index contributed by atoms with van der Waals surface area (Å²) in [5.41, 5.74) is 1.57. The first-order valence-electron chi connectivity index (χ1n) is 8.69. The number of aromatic nitrogens is 1. The number of piperazine rings is 1. The number of pyridine rings is 1. The van der Waals surface area contributed by atoms with Gasteiger partial charge in [0.1, 0.15) is 0 Å². The fraction of sp³-hybridized carbons (Fsp3) is 0.647. The lowest BCUT2D eigenvalue weighted by molar-refractivity contribution is 0.0398. The molecule has 1 N–H and O–H groups in total. The Kier molecular flexibility index (Phi) is 6.01. The van der Waals surface area contributed by atoms with E-state index in [2.05, 4.69) is 27.1 Å². The lowest BCUT2D eigenvalue weighted by atomic mass is 10.2. The summed E-state index contributed by atoms with van der Waals surface area (Å²) in [5, 5.41) is 3.37. The van der Waals surface area contributed by atoms with Crippen molar-refractivity contribution in [2.24, 2.45) is 0 Å². The van der Waals surface area contributed by atoms with E-state index in [0.29, 0.717) is 5.56 Å². The van der Waals surface area contributed by atoms with Crippen LogP contribution in [0.2, 0.25) is 0 Å². The molecule has 1 aromatic rings. The maximum Gasteiger partial charge on any atom is 0.255 e. The van der Waals surface area contributed by atoms with Crippen molar-refractivity contribution in [2.45, 2.75) is 0 Å². The van der Waals surface area contributed by atoms with Gasteiger partial charge in [0.15, 0.2) is 0 Å². The molecule has 1 aromatic heterocycles. The van der Waals surface area contributed by atoms with Crippen LogP contribution in [0.5, 0.6) is 0 Å². The van der Waals surface area contributed by atoms with Crippen molar-refractivity contribution in [3.63, 3.8) is 0 Å². The number of nitrogens with zero attached hydrogens (tertiary/aromatic N) is 4. The molecule has 0 unspecified atom stereocenters. The van der Waals surface area contributed by atoms with Crippen molar-refractivity contribution >= 4 is 11.6 Å². The summed E-state index contributed by atoms with van der Waals surface area (Å²) in [6.07, 6.45) is 3.44. The Morgan fingerprint density at radius 2 is 1.92 bits per heavy atom. The van der Waals surface area contributed by atoms with Crippen LogP contribution >= 0.6 is 0 Å². The second kappa shape index (κ2) is 8.41. The molecular formula is C17H27N5O2. The van der Waals surface area contributed by atoms with Crippen molar-refractivity contribution in [1.29, 1.82) is 0 Å². The Bertz CT molecular complexity index is 540. The number of carbonyl (C=O) groups is 1.